The lowest BCUT2D eigenvalue weighted by Gasteiger charge is -2.31. The molecule has 13 nitrogen and oxygen atoms in total. The second-order valence-corrected chi connectivity index (χ2v) is 13.9. The van der Waals surface area contributed by atoms with Crippen LogP contribution in [0.15, 0.2) is 0 Å². The summed E-state index contributed by atoms with van der Waals surface area (Å²) in [6, 6.07) is -1.78. The number of amides is 2. The molecule has 0 aromatic heterocycles. The van der Waals surface area contributed by atoms with Crippen molar-refractivity contribution in [2.24, 2.45) is 0 Å². The van der Waals surface area contributed by atoms with Crippen molar-refractivity contribution in [2.75, 3.05) is 32.5 Å². The van der Waals surface area contributed by atoms with E-state index in [0.717, 1.165) is 19.3 Å². The third-order valence-electron chi connectivity index (χ3n) is 8.08. The molecule has 0 saturated carbocycles. The molecule has 1 aliphatic rings. The standard InChI is InChI=1S/C29H56N3O10P/c1-4-5-6-7-8-9-10-11-12-13-14-15-16-25(35)31-29(3,28(38)39)21-42-43(40,41)18-17-32-23(19-30-22(2)34)26(36)27(37)24(32)20-33/h23-24,26-27,33,36-37H,4-21H2,1-3H3,(H,30,34)(H,31,35)(H,38,39)(H,40,41)/t23-,24-,26-,27-,29?/m1/s1. The van der Waals surface area contributed by atoms with E-state index in [-0.39, 0.29) is 25.4 Å². The molecule has 0 bridgehead atoms. The molecule has 6 atom stereocenters. The van der Waals surface area contributed by atoms with E-state index in [2.05, 4.69) is 17.6 Å². The number of aliphatic hydroxyl groups is 3. The SMILES string of the molecule is CCCCCCCCCCCCCCC(=O)NC(C)(COP(=O)(O)CCN1[C@H](CO)[C@@H](O)[C@H](O)[C@H]1CNC(C)=O)C(=O)O. The molecule has 1 saturated heterocycles. The zero-order valence-corrected chi connectivity index (χ0v) is 27.1. The Labute approximate surface area is 256 Å². The largest absolute Gasteiger partial charge is 0.479 e. The molecular weight excluding hydrogens is 581 g/mol. The fourth-order valence-corrected chi connectivity index (χ4v) is 6.38. The monoisotopic (exact) mass is 637 g/mol. The molecular formula is C29H56N3O10P. The average Bonchev–Trinajstić information content (AvgIpc) is 3.18. The minimum Gasteiger partial charge on any atom is -0.479 e. The van der Waals surface area contributed by atoms with E-state index in [1.807, 2.05) is 0 Å². The van der Waals surface area contributed by atoms with Crippen molar-refractivity contribution in [2.45, 2.75) is 134 Å². The topological polar surface area (TPSA) is 206 Å². The number of likely N-dealkylation sites (tertiary alicyclic amines) is 1. The van der Waals surface area contributed by atoms with Crippen molar-refractivity contribution >= 4 is 25.4 Å². The highest BCUT2D eigenvalue weighted by Crippen LogP contribution is 2.43. The van der Waals surface area contributed by atoms with Gasteiger partial charge in [0.2, 0.25) is 11.8 Å². The second-order valence-electron chi connectivity index (χ2n) is 11.9. The van der Waals surface area contributed by atoms with Gasteiger partial charge >= 0.3 is 13.6 Å². The smallest absolute Gasteiger partial charge is 0.331 e. The summed E-state index contributed by atoms with van der Waals surface area (Å²) < 4.78 is 17.9. The van der Waals surface area contributed by atoms with E-state index < -0.39 is 68.7 Å². The number of nitrogens with one attached hydrogen (secondary N) is 2. The van der Waals surface area contributed by atoms with Crippen LogP contribution in [0.4, 0.5) is 0 Å². The Bertz CT molecular complexity index is 895. The molecule has 0 aromatic rings. The van der Waals surface area contributed by atoms with Gasteiger partial charge in [0, 0.05) is 26.4 Å². The number of nitrogens with zero attached hydrogens (tertiary/aromatic N) is 1. The first-order valence-corrected chi connectivity index (χ1v) is 17.5. The van der Waals surface area contributed by atoms with Crippen LogP contribution >= 0.6 is 7.60 Å². The molecule has 0 radical (unpaired) electrons. The van der Waals surface area contributed by atoms with Gasteiger partial charge in [0.05, 0.1) is 43.7 Å². The summed E-state index contributed by atoms with van der Waals surface area (Å²) >= 11 is 0. The number of hydrogen-bond acceptors (Lipinski definition) is 9. The Morgan fingerprint density at radius 2 is 1.42 bits per heavy atom. The highest BCUT2D eigenvalue weighted by atomic mass is 31.2. The van der Waals surface area contributed by atoms with Crippen molar-refractivity contribution in [3.05, 3.63) is 0 Å². The van der Waals surface area contributed by atoms with Crippen molar-refractivity contribution in [3.8, 4) is 0 Å². The molecule has 0 aliphatic carbocycles. The summed E-state index contributed by atoms with van der Waals surface area (Å²) in [4.78, 5) is 47.6. The maximum absolute atomic E-state index is 12.8. The van der Waals surface area contributed by atoms with Crippen LogP contribution in [0.2, 0.25) is 0 Å². The first-order valence-electron chi connectivity index (χ1n) is 15.8. The number of aliphatic carboxylic acids is 1. The van der Waals surface area contributed by atoms with Crippen LogP contribution in [0.25, 0.3) is 0 Å². The number of hydrogen-bond donors (Lipinski definition) is 7. The summed E-state index contributed by atoms with van der Waals surface area (Å²) in [5.74, 6) is -2.28. The summed E-state index contributed by atoms with van der Waals surface area (Å²) in [6.07, 6.45) is 10.6. The lowest BCUT2D eigenvalue weighted by molar-refractivity contribution is -0.148. The van der Waals surface area contributed by atoms with Crippen LogP contribution in [0.3, 0.4) is 0 Å². The number of rotatable bonds is 24. The maximum atomic E-state index is 12.8. The van der Waals surface area contributed by atoms with E-state index >= 15 is 0 Å². The number of carboxylic acid groups (broad SMARTS) is 1. The summed E-state index contributed by atoms with van der Waals surface area (Å²) in [6.45, 7) is 3.11. The second kappa shape index (κ2) is 20.4. The van der Waals surface area contributed by atoms with E-state index in [1.165, 1.54) is 70.1 Å². The highest BCUT2D eigenvalue weighted by molar-refractivity contribution is 7.52. The Morgan fingerprint density at radius 1 is 0.907 bits per heavy atom. The van der Waals surface area contributed by atoms with E-state index in [9.17, 15) is 44.3 Å². The third-order valence-corrected chi connectivity index (χ3v) is 9.38. The van der Waals surface area contributed by atoms with Crippen LogP contribution in [0, 0.1) is 0 Å². The Morgan fingerprint density at radius 3 is 1.91 bits per heavy atom. The summed E-state index contributed by atoms with van der Waals surface area (Å²) in [7, 11) is -4.40. The van der Waals surface area contributed by atoms with Crippen LogP contribution in [-0.2, 0) is 23.5 Å². The molecule has 1 heterocycles. The third kappa shape index (κ3) is 14.8. The van der Waals surface area contributed by atoms with Crippen LogP contribution < -0.4 is 10.6 Å². The molecule has 252 valence electrons. The van der Waals surface area contributed by atoms with Crippen molar-refractivity contribution in [1.82, 2.24) is 15.5 Å². The maximum Gasteiger partial charge on any atom is 0.331 e. The van der Waals surface area contributed by atoms with Gasteiger partial charge in [-0.1, -0.05) is 77.6 Å². The normalized spacial score (nSPS) is 23.4. The van der Waals surface area contributed by atoms with Gasteiger partial charge in [-0.05, 0) is 13.3 Å². The van der Waals surface area contributed by atoms with Crippen molar-refractivity contribution in [1.29, 1.82) is 0 Å². The van der Waals surface area contributed by atoms with Gasteiger partial charge in [-0.3, -0.25) is 19.1 Å². The number of carboxylic acids is 1. The Kier molecular flexibility index (Phi) is 18.7. The van der Waals surface area contributed by atoms with E-state index in [4.69, 9.17) is 4.52 Å². The molecule has 43 heavy (non-hydrogen) atoms. The van der Waals surface area contributed by atoms with Gasteiger partial charge in [0.15, 0.2) is 5.54 Å². The molecule has 2 unspecified atom stereocenters. The average molecular weight is 638 g/mol. The van der Waals surface area contributed by atoms with E-state index in [1.54, 1.807) is 0 Å². The van der Waals surface area contributed by atoms with Crippen LogP contribution in [0.5, 0.6) is 0 Å². The number of carbonyl (C=O) groups excluding carboxylic acids is 2. The molecule has 0 aromatic carbocycles. The van der Waals surface area contributed by atoms with Crippen LogP contribution in [0.1, 0.15) is 104 Å². The van der Waals surface area contributed by atoms with Gasteiger partial charge in [-0.2, -0.15) is 0 Å². The number of unbranched alkanes of at least 4 members (excludes halogenated alkanes) is 11. The minimum atomic E-state index is -4.40. The summed E-state index contributed by atoms with van der Waals surface area (Å²) in [5.41, 5.74) is -1.94. The zero-order chi connectivity index (χ0) is 32.5. The number of carbonyl (C=O) groups is 3. The summed E-state index contributed by atoms with van der Waals surface area (Å²) in [5, 5.41) is 45.0. The zero-order valence-electron chi connectivity index (χ0n) is 26.2. The molecule has 1 fully saturated rings. The Balaban J connectivity index is 2.48. The van der Waals surface area contributed by atoms with Crippen molar-refractivity contribution < 1.29 is 48.8 Å². The fraction of sp³-hybridized carbons (Fsp3) is 0.897. The van der Waals surface area contributed by atoms with Gasteiger partial charge in [0.25, 0.3) is 0 Å². The molecule has 0 spiro atoms. The lowest BCUT2D eigenvalue weighted by atomic mass is 10.0. The molecule has 7 N–H and O–H groups in total. The number of aliphatic hydroxyl groups excluding tert-OH is 3. The minimum absolute atomic E-state index is 0.0665. The quantitative estimate of drug-likeness (QED) is 0.0603. The molecule has 14 heteroatoms. The van der Waals surface area contributed by atoms with Crippen LogP contribution in [-0.4, -0.2) is 110 Å². The Hall–Kier alpha value is -1.60. The lowest BCUT2D eigenvalue weighted by Crippen LogP contribution is -2.55. The predicted octanol–water partition coefficient (Wildman–Crippen LogP) is 2.14. The van der Waals surface area contributed by atoms with Gasteiger partial charge in [-0.15, -0.1) is 0 Å². The van der Waals surface area contributed by atoms with Gasteiger partial charge in [-0.25, -0.2) is 4.79 Å². The highest BCUT2D eigenvalue weighted by Gasteiger charge is 2.47. The molecule has 1 rings (SSSR count). The van der Waals surface area contributed by atoms with Gasteiger partial charge in [0.1, 0.15) is 0 Å². The molecule has 2 amide bonds. The first-order chi connectivity index (χ1) is 20.3. The van der Waals surface area contributed by atoms with Crippen molar-refractivity contribution in [3.63, 3.8) is 0 Å². The predicted molar refractivity (Wildman–Crippen MR) is 163 cm³/mol. The first kappa shape index (κ1) is 39.4. The molecule has 1 aliphatic heterocycles. The van der Waals surface area contributed by atoms with E-state index in [0.29, 0.717) is 6.42 Å². The fourth-order valence-electron chi connectivity index (χ4n) is 5.31. The van der Waals surface area contributed by atoms with Gasteiger partial charge < -0.3 is 40.5 Å².